The number of benzene rings is 1. The Kier molecular flexibility index (Phi) is 7.15. The molecule has 1 aliphatic carbocycles. The van der Waals surface area contributed by atoms with E-state index in [0.717, 1.165) is 32.7 Å². The van der Waals surface area contributed by atoms with Crippen LogP contribution in [0, 0.1) is 0 Å². The third-order valence-electron chi connectivity index (χ3n) is 5.29. The second kappa shape index (κ2) is 9.56. The Bertz CT molecular complexity index is 634. The molecule has 1 aromatic rings. The van der Waals surface area contributed by atoms with Gasteiger partial charge in [0.1, 0.15) is 0 Å². The molecular weight excluding hydrogens is 392 g/mol. The smallest absolute Gasteiger partial charge is 0.338 e. The molecule has 0 atom stereocenters. The van der Waals surface area contributed by atoms with E-state index in [-0.39, 0.29) is 5.97 Å². The predicted octanol–water partition coefficient (Wildman–Crippen LogP) is 4.60. The molecule has 2 aliphatic rings. The Morgan fingerprint density at radius 1 is 1.04 bits per heavy atom. The van der Waals surface area contributed by atoms with Crippen molar-refractivity contribution in [3.63, 3.8) is 0 Å². The molecule has 0 radical (unpaired) electrons. The molecule has 1 saturated heterocycles. The van der Waals surface area contributed by atoms with Gasteiger partial charge in [0.25, 0.3) is 0 Å². The highest BCUT2D eigenvalue weighted by Crippen LogP contribution is 2.28. The normalized spacial score (nSPS) is 19.4. The number of anilines is 1. The van der Waals surface area contributed by atoms with Gasteiger partial charge in [0.05, 0.1) is 12.2 Å². The molecule has 3 rings (SSSR count). The molecule has 4 nitrogen and oxygen atoms in total. The van der Waals surface area contributed by atoms with E-state index in [1.165, 1.54) is 42.3 Å². The van der Waals surface area contributed by atoms with E-state index in [1.54, 1.807) is 5.57 Å². The lowest BCUT2D eigenvalue weighted by molar-refractivity contribution is 0.0526. The summed E-state index contributed by atoms with van der Waals surface area (Å²) < 4.78 is 6.50. The van der Waals surface area contributed by atoms with Crippen LogP contribution in [-0.4, -0.2) is 50.2 Å². The summed E-state index contributed by atoms with van der Waals surface area (Å²) in [5.41, 5.74) is 3.42. The number of nitrogens with zero attached hydrogens (tertiary/aromatic N) is 2. The van der Waals surface area contributed by atoms with E-state index in [0.29, 0.717) is 12.2 Å². The molecule has 1 heterocycles. The van der Waals surface area contributed by atoms with Gasteiger partial charge in [0, 0.05) is 38.4 Å². The Balaban J connectivity index is 1.52. The largest absolute Gasteiger partial charge is 0.462 e. The summed E-state index contributed by atoms with van der Waals surface area (Å²) in [5.74, 6) is -0.244. The number of carbonyl (C=O) groups is 1. The fourth-order valence-corrected chi connectivity index (χ4v) is 4.33. The summed E-state index contributed by atoms with van der Waals surface area (Å²) in [6.07, 6.45) is 6.46. The van der Waals surface area contributed by atoms with Gasteiger partial charge in [-0.25, -0.2) is 4.79 Å². The van der Waals surface area contributed by atoms with E-state index in [9.17, 15) is 4.79 Å². The predicted molar refractivity (Wildman–Crippen MR) is 110 cm³/mol. The van der Waals surface area contributed by atoms with Crippen LogP contribution in [0.4, 0.5) is 5.69 Å². The number of esters is 1. The molecule has 0 N–H and O–H groups in total. The van der Waals surface area contributed by atoms with Crippen LogP contribution >= 0.6 is 15.9 Å². The quantitative estimate of drug-likeness (QED) is 0.651. The van der Waals surface area contributed by atoms with Crippen LogP contribution < -0.4 is 4.90 Å². The average Bonchev–Trinajstić information content (AvgIpc) is 2.87. The first-order valence-corrected chi connectivity index (χ1v) is 10.6. The minimum absolute atomic E-state index is 0.244. The van der Waals surface area contributed by atoms with Crippen molar-refractivity contribution in [3.8, 4) is 0 Å². The van der Waals surface area contributed by atoms with E-state index >= 15 is 0 Å². The van der Waals surface area contributed by atoms with E-state index in [2.05, 4.69) is 25.7 Å². The molecule has 0 saturated carbocycles. The second-order valence-corrected chi connectivity index (χ2v) is 8.06. The fourth-order valence-electron chi connectivity index (χ4n) is 3.73. The minimum atomic E-state index is -0.244. The summed E-state index contributed by atoms with van der Waals surface area (Å²) in [5, 5.41) is 0. The Labute approximate surface area is 165 Å². The first-order chi connectivity index (χ1) is 12.7. The first kappa shape index (κ1) is 19.4. The zero-order valence-corrected chi connectivity index (χ0v) is 17.3. The van der Waals surface area contributed by atoms with Crippen LogP contribution in [0.1, 0.15) is 49.4 Å². The summed E-state index contributed by atoms with van der Waals surface area (Å²) in [4.78, 5) is 16.7. The van der Waals surface area contributed by atoms with Gasteiger partial charge < -0.3 is 9.64 Å². The number of halogens is 1. The number of piperazine rings is 1. The first-order valence-electron chi connectivity index (χ1n) is 9.78. The van der Waals surface area contributed by atoms with Crippen molar-refractivity contribution in [2.45, 2.75) is 39.0 Å². The lowest BCUT2D eigenvalue weighted by Gasteiger charge is -2.36. The Morgan fingerprint density at radius 3 is 2.42 bits per heavy atom. The molecule has 1 fully saturated rings. The molecule has 1 aromatic carbocycles. The third kappa shape index (κ3) is 5.10. The van der Waals surface area contributed by atoms with Crippen molar-refractivity contribution in [2.24, 2.45) is 0 Å². The maximum absolute atomic E-state index is 11.8. The van der Waals surface area contributed by atoms with Crippen molar-refractivity contribution < 1.29 is 9.53 Å². The van der Waals surface area contributed by atoms with Gasteiger partial charge in [-0.3, -0.25) is 4.90 Å². The van der Waals surface area contributed by atoms with Crippen LogP contribution in [0.5, 0.6) is 0 Å². The second-order valence-electron chi connectivity index (χ2n) is 7.10. The highest BCUT2D eigenvalue weighted by Gasteiger charge is 2.20. The zero-order chi connectivity index (χ0) is 18.4. The molecule has 0 spiro atoms. The van der Waals surface area contributed by atoms with Crippen LogP contribution in [0.3, 0.4) is 0 Å². The molecule has 26 heavy (non-hydrogen) atoms. The number of carbonyl (C=O) groups excluding carboxylic acids is 1. The molecule has 1 aliphatic heterocycles. The van der Waals surface area contributed by atoms with E-state index in [4.69, 9.17) is 4.74 Å². The van der Waals surface area contributed by atoms with Gasteiger partial charge in [0.15, 0.2) is 0 Å². The molecule has 0 aromatic heterocycles. The summed E-state index contributed by atoms with van der Waals surface area (Å²) in [6, 6.07) is 7.80. The summed E-state index contributed by atoms with van der Waals surface area (Å²) in [6.45, 7) is 7.58. The van der Waals surface area contributed by atoms with Gasteiger partial charge >= 0.3 is 5.97 Å². The van der Waals surface area contributed by atoms with Gasteiger partial charge in [-0.05, 0) is 66.9 Å². The maximum atomic E-state index is 11.8. The maximum Gasteiger partial charge on any atom is 0.338 e. The molecule has 5 heteroatoms. The lowest BCUT2D eigenvalue weighted by atomic mass is 10.1. The fraction of sp³-hybridized carbons (Fsp3) is 0.571. The van der Waals surface area contributed by atoms with Crippen molar-refractivity contribution in [2.75, 3.05) is 44.2 Å². The summed E-state index contributed by atoms with van der Waals surface area (Å²) >= 11 is 3.81. The molecular formula is C21H29BrN2O2. The van der Waals surface area contributed by atoms with E-state index < -0.39 is 0 Å². The Morgan fingerprint density at radius 2 is 1.73 bits per heavy atom. The highest BCUT2D eigenvalue weighted by atomic mass is 79.9. The average molecular weight is 421 g/mol. The standard InChI is InChI=1S/C21H29BrN2O2/c1-2-26-21(25)17-8-10-19(11-9-17)24-14-12-23(13-15-24)16-18-6-4-3-5-7-20(18)22/h8-11H,2-7,12-16H2,1H3. The van der Waals surface area contributed by atoms with Gasteiger partial charge in [-0.2, -0.15) is 0 Å². The molecule has 0 unspecified atom stereocenters. The van der Waals surface area contributed by atoms with Gasteiger partial charge in [-0.15, -0.1) is 0 Å². The molecule has 142 valence electrons. The van der Waals surface area contributed by atoms with Gasteiger partial charge in [-0.1, -0.05) is 22.4 Å². The topological polar surface area (TPSA) is 32.8 Å². The minimum Gasteiger partial charge on any atom is -0.462 e. The van der Waals surface area contributed by atoms with Crippen LogP contribution in [0.2, 0.25) is 0 Å². The number of ether oxygens (including phenoxy) is 1. The Hall–Kier alpha value is -1.33. The number of hydrogen-bond acceptors (Lipinski definition) is 4. The number of rotatable bonds is 5. The van der Waals surface area contributed by atoms with Crippen LogP contribution in [0.25, 0.3) is 0 Å². The van der Waals surface area contributed by atoms with E-state index in [1.807, 2.05) is 31.2 Å². The lowest BCUT2D eigenvalue weighted by Crippen LogP contribution is -2.47. The highest BCUT2D eigenvalue weighted by molar-refractivity contribution is 9.11. The SMILES string of the molecule is CCOC(=O)c1ccc(N2CCN(CC3=C(Br)CCCCC3)CC2)cc1. The third-order valence-corrected chi connectivity index (χ3v) is 6.25. The molecule has 0 bridgehead atoms. The van der Waals surface area contributed by atoms with Crippen molar-refractivity contribution in [1.82, 2.24) is 4.90 Å². The number of hydrogen-bond donors (Lipinski definition) is 0. The number of allylic oxidation sites excluding steroid dienone is 1. The molecule has 0 amide bonds. The van der Waals surface area contributed by atoms with Gasteiger partial charge in [0.2, 0.25) is 0 Å². The van der Waals surface area contributed by atoms with Crippen molar-refractivity contribution in [3.05, 3.63) is 39.9 Å². The van der Waals surface area contributed by atoms with Crippen molar-refractivity contribution in [1.29, 1.82) is 0 Å². The monoisotopic (exact) mass is 420 g/mol. The van der Waals surface area contributed by atoms with Crippen molar-refractivity contribution >= 4 is 27.6 Å². The van der Waals surface area contributed by atoms with Crippen LogP contribution in [-0.2, 0) is 4.74 Å². The summed E-state index contributed by atoms with van der Waals surface area (Å²) in [7, 11) is 0. The zero-order valence-electron chi connectivity index (χ0n) is 15.7. The van der Waals surface area contributed by atoms with Crippen LogP contribution in [0.15, 0.2) is 34.3 Å².